The highest BCUT2D eigenvalue weighted by Gasteiger charge is 2.16. The Labute approximate surface area is 170 Å². The molecule has 3 amide bonds. The van der Waals surface area contributed by atoms with Crippen molar-refractivity contribution in [2.75, 3.05) is 38.4 Å². The Morgan fingerprint density at radius 1 is 1.14 bits per heavy atom. The molecule has 0 saturated heterocycles. The highest BCUT2D eigenvalue weighted by Crippen LogP contribution is 2.26. The molecular weight excluding hydrogens is 380 g/mol. The second-order valence-corrected chi connectivity index (χ2v) is 6.87. The summed E-state index contributed by atoms with van der Waals surface area (Å²) in [6.45, 7) is 1.81. The van der Waals surface area contributed by atoms with Gasteiger partial charge in [0.05, 0.1) is 23.9 Å². The van der Waals surface area contributed by atoms with Gasteiger partial charge < -0.3 is 25.6 Å². The molecule has 0 aliphatic rings. The maximum Gasteiger partial charge on any atom is 0.319 e. The van der Waals surface area contributed by atoms with Crippen LogP contribution in [0.1, 0.15) is 18.5 Å². The molecular formula is C20H25ClN4O3. The minimum Gasteiger partial charge on any atom is -0.497 e. The molecule has 0 aliphatic carbocycles. The van der Waals surface area contributed by atoms with Gasteiger partial charge in [0.15, 0.2) is 0 Å². The molecule has 28 heavy (non-hydrogen) atoms. The Morgan fingerprint density at radius 2 is 1.89 bits per heavy atom. The van der Waals surface area contributed by atoms with Crippen LogP contribution in [0.25, 0.3) is 0 Å². The monoisotopic (exact) mass is 404 g/mol. The minimum atomic E-state index is -0.371. The predicted octanol–water partition coefficient (Wildman–Crippen LogP) is 3.73. The van der Waals surface area contributed by atoms with Gasteiger partial charge in [0.25, 0.3) is 0 Å². The number of nitrogens with zero attached hydrogens (tertiary/aromatic N) is 1. The number of methoxy groups -OCH3 is 1. The zero-order valence-corrected chi connectivity index (χ0v) is 17.1. The van der Waals surface area contributed by atoms with Gasteiger partial charge in [-0.1, -0.05) is 23.7 Å². The van der Waals surface area contributed by atoms with E-state index in [0.29, 0.717) is 22.9 Å². The Kier molecular flexibility index (Phi) is 7.66. The topological polar surface area (TPSA) is 82.7 Å². The lowest BCUT2D eigenvalue weighted by Gasteiger charge is -2.25. The molecule has 0 aromatic heterocycles. The summed E-state index contributed by atoms with van der Waals surface area (Å²) < 4.78 is 5.28. The summed E-state index contributed by atoms with van der Waals surface area (Å²) in [6.07, 6.45) is 0. The van der Waals surface area contributed by atoms with E-state index in [2.05, 4.69) is 16.0 Å². The summed E-state index contributed by atoms with van der Waals surface area (Å²) in [5, 5.41) is 8.55. The number of carbonyl (C=O) groups excluding carboxylic acids is 2. The number of hydrogen-bond acceptors (Lipinski definition) is 4. The number of ether oxygens (including phenoxy) is 1. The van der Waals surface area contributed by atoms with Gasteiger partial charge in [-0.05, 0) is 50.0 Å². The summed E-state index contributed by atoms with van der Waals surface area (Å²) in [6, 6.07) is 12.2. The van der Waals surface area contributed by atoms with Crippen LogP contribution in [-0.2, 0) is 4.79 Å². The van der Waals surface area contributed by atoms with Gasteiger partial charge in [-0.15, -0.1) is 0 Å². The van der Waals surface area contributed by atoms with Crippen LogP contribution in [0, 0.1) is 0 Å². The largest absolute Gasteiger partial charge is 0.497 e. The third kappa shape index (κ3) is 6.14. The van der Waals surface area contributed by atoms with Crippen molar-refractivity contribution in [1.29, 1.82) is 0 Å². The van der Waals surface area contributed by atoms with Crippen LogP contribution >= 0.6 is 11.6 Å². The Morgan fingerprint density at radius 3 is 2.50 bits per heavy atom. The first kappa shape index (κ1) is 21.5. The van der Waals surface area contributed by atoms with E-state index in [1.54, 1.807) is 25.3 Å². The number of urea groups is 1. The van der Waals surface area contributed by atoms with Crippen LogP contribution in [0.5, 0.6) is 5.75 Å². The lowest BCUT2D eigenvalue weighted by Crippen LogP contribution is -2.37. The zero-order valence-electron chi connectivity index (χ0n) is 16.4. The zero-order chi connectivity index (χ0) is 20.7. The SMILES string of the molecule is COc1cccc(C(CNC(=O)Nc2ccc(NC(C)=O)cc2Cl)N(C)C)c1. The van der Waals surface area contributed by atoms with Crippen LogP contribution < -0.4 is 20.7 Å². The van der Waals surface area contributed by atoms with E-state index >= 15 is 0 Å². The molecule has 8 heteroatoms. The Hall–Kier alpha value is -2.77. The summed E-state index contributed by atoms with van der Waals surface area (Å²) in [7, 11) is 5.51. The lowest BCUT2D eigenvalue weighted by molar-refractivity contribution is -0.114. The standard InChI is InChI=1S/C20H25ClN4O3/c1-13(26)23-15-8-9-18(17(21)11-15)24-20(27)22-12-19(25(2)3)14-6-5-7-16(10-14)28-4/h5-11,19H,12H2,1-4H3,(H,23,26)(H2,22,24,27). The van der Waals surface area contributed by atoms with E-state index < -0.39 is 0 Å². The van der Waals surface area contributed by atoms with E-state index in [1.807, 2.05) is 43.3 Å². The summed E-state index contributed by atoms with van der Waals surface area (Å²) in [4.78, 5) is 25.4. The fraction of sp³-hybridized carbons (Fsp3) is 0.300. The third-order valence-corrected chi connectivity index (χ3v) is 4.41. The Balaban J connectivity index is 2.00. The molecule has 0 spiro atoms. The molecule has 7 nitrogen and oxygen atoms in total. The molecule has 0 fully saturated rings. The molecule has 0 aliphatic heterocycles. The van der Waals surface area contributed by atoms with Crippen LogP contribution in [0.2, 0.25) is 5.02 Å². The molecule has 0 bridgehead atoms. The van der Waals surface area contributed by atoms with Crippen LogP contribution in [0.3, 0.4) is 0 Å². The van der Waals surface area contributed by atoms with Crippen LogP contribution in [0.4, 0.5) is 16.2 Å². The quantitative estimate of drug-likeness (QED) is 0.656. The number of benzene rings is 2. The van der Waals surface area contributed by atoms with Crippen molar-refractivity contribution in [3.05, 3.63) is 53.1 Å². The molecule has 2 aromatic carbocycles. The van der Waals surface area contributed by atoms with Crippen molar-refractivity contribution in [1.82, 2.24) is 10.2 Å². The average Bonchev–Trinajstić information content (AvgIpc) is 2.63. The van der Waals surface area contributed by atoms with E-state index in [0.717, 1.165) is 11.3 Å². The molecule has 1 unspecified atom stereocenters. The van der Waals surface area contributed by atoms with Gasteiger partial charge in [-0.3, -0.25) is 4.79 Å². The Bertz CT molecular complexity index is 842. The number of nitrogens with one attached hydrogen (secondary N) is 3. The third-order valence-electron chi connectivity index (χ3n) is 4.10. The normalized spacial score (nSPS) is 11.6. The molecule has 0 radical (unpaired) electrons. The molecule has 150 valence electrons. The van der Waals surface area contributed by atoms with Gasteiger partial charge in [0.2, 0.25) is 5.91 Å². The van der Waals surface area contributed by atoms with Gasteiger partial charge in [0.1, 0.15) is 5.75 Å². The number of carbonyl (C=O) groups is 2. The van der Waals surface area contributed by atoms with Gasteiger partial charge in [-0.2, -0.15) is 0 Å². The van der Waals surface area contributed by atoms with E-state index in [9.17, 15) is 9.59 Å². The van der Waals surface area contributed by atoms with E-state index in [4.69, 9.17) is 16.3 Å². The summed E-state index contributed by atoms with van der Waals surface area (Å²) in [5.41, 5.74) is 2.05. The summed E-state index contributed by atoms with van der Waals surface area (Å²) in [5.74, 6) is 0.571. The highest BCUT2D eigenvalue weighted by molar-refractivity contribution is 6.34. The first-order valence-electron chi connectivity index (χ1n) is 8.72. The van der Waals surface area contributed by atoms with Gasteiger partial charge in [0, 0.05) is 19.2 Å². The number of rotatable bonds is 7. The van der Waals surface area contributed by atoms with Crippen molar-refractivity contribution < 1.29 is 14.3 Å². The highest BCUT2D eigenvalue weighted by atomic mass is 35.5. The maximum absolute atomic E-state index is 12.3. The van der Waals surface area contributed by atoms with Crippen LogP contribution in [0.15, 0.2) is 42.5 Å². The van der Waals surface area contributed by atoms with E-state index in [-0.39, 0.29) is 18.0 Å². The number of amides is 3. The fourth-order valence-corrected chi connectivity index (χ4v) is 2.93. The smallest absolute Gasteiger partial charge is 0.319 e. The molecule has 0 saturated carbocycles. The second kappa shape index (κ2) is 9.96. The molecule has 3 N–H and O–H groups in total. The molecule has 2 aromatic rings. The van der Waals surface area contributed by atoms with Crippen molar-refractivity contribution in [3.8, 4) is 5.75 Å². The lowest BCUT2D eigenvalue weighted by atomic mass is 10.1. The molecule has 1 atom stereocenters. The number of halogens is 1. The number of anilines is 2. The van der Waals surface area contributed by atoms with E-state index in [1.165, 1.54) is 6.92 Å². The van der Waals surface area contributed by atoms with Crippen molar-refractivity contribution in [2.45, 2.75) is 13.0 Å². The number of likely N-dealkylation sites (N-methyl/N-ethyl adjacent to an activating group) is 1. The fourth-order valence-electron chi connectivity index (χ4n) is 2.70. The van der Waals surface area contributed by atoms with Crippen LogP contribution in [-0.4, -0.2) is 44.6 Å². The average molecular weight is 405 g/mol. The molecule has 0 heterocycles. The van der Waals surface area contributed by atoms with Gasteiger partial charge in [-0.25, -0.2) is 4.79 Å². The maximum atomic E-state index is 12.3. The van der Waals surface area contributed by atoms with Crippen molar-refractivity contribution >= 4 is 34.9 Å². The minimum absolute atomic E-state index is 0.0292. The van der Waals surface area contributed by atoms with Crippen molar-refractivity contribution in [3.63, 3.8) is 0 Å². The molecule has 2 rings (SSSR count). The first-order valence-corrected chi connectivity index (χ1v) is 9.10. The second-order valence-electron chi connectivity index (χ2n) is 6.47. The van der Waals surface area contributed by atoms with Crippen molar-refractivity contribution in [2.24, 2.45) is 0 Å². The van der Waals surface area contributed by atoms with Gasteiger partial charge >= 0.3 is 6.03 Å². The summed E-state index contributed by atoms with van der Waals surface area (Å²) >= 11 is 6.18. The number of hydrogen-bond donors (Lipinski definition) is 3. The predicted molar refractivity (Wildman–Crippen MR) is 112 cm³/mol. The first-order chi connectivity index (χ1) is 13.3.